The molecule has 0 aliphatic carbocycles. The number of rotatable bonds is 1. The Bertz CT molecular complexity index is 47.0. The Morgan fingerprint density at radius 3 is 1.86 bits per heavy atom. The second-order valence-corrected chi connectivity index (χ2v) is 1.23. The third-order valence-corrected chi connectivity index (χ3v) is 0.774. The SMILES string of the molecule is [Ba+2].[CH2-]C(=O)CBr.[CH3-]. The summed E-state index contributed by atoms with van der Waals surface area (Å²) in [5, 5.41) is 0.368. The zero-order valence-corrected chi connectivity index (χ0v) is 10.4. The summed E-state index contributed by atoms with van der Waals surface area (Å²) in [6.07, 6.45) is 0. The first-order valence-corrected chi connectivity index (χ1v) is 2.30. The first-order valence-electron chi connectivity index (χ1n) is 1.18. The molecule has 0 aromatic heterocycles. The van der Waals surface area contributed by atoms with E-state index in [0.29, 0.717) is 5.33 Å². The second-order valence-electron chi connectivity index (χ2n) is 0.672. The van der Waals surface area contributed by atoms with Crippen molar-refractivity contribution in [1.29, 1.82) is 0 Å². The molecule has 0 heterocycles. The van der Waals surface area contributed by atoms with Crippen molar-refractivity contribution in [1.82, 2.24) is 0 Å². The molecule has 38 valence electrons. The first-order chi connectivity index (χ1) is 2.27. The molecule has 0 unspecified atom stereocenters. The van der Waals surface area contributed by atoms with Gasteiger partial charge < -0.3 is 19.1 Å². The molecule has 0 saturated heterocycles. The van der Waals surface area contributed by atoms with Gasteiger partial charge in [-0.1, -0.05) is 15.9 Å². The first kappa shape index (κ1) is 15.8. The fourth-order valence-electron chi connectivity index (χ4n) is 0. The summed E-state index contributed by atoms with van der Waals surface area (Å²) in [6, 6.07) is 0. The van der Waals surface area contributed by atoms with Crippen molar-refractivity contribution >= 4 is 70.6 Å². The number of alkyl halides is 1. The zero-order valence-electron chi connectivity index (χ0n) is 4.41. The third-order valence-electron chi connectivity index (χ3n) is 0.149. The van der Waals surface area contributed by atoms with Crippen LogP contribution in [0.5, 0.6) is 0 Å². The molecule has 0 bridgehead atoms. The van der Waals surface area contributed by atoms with E-state index >= 15 is 0 Å². The number of halogens is 1. The van der Waals surface area contributed by atoms with Crippen LogP contribution in [0.2, 0.25) is 0 Å². The van der Waals surface area contributed by atoms with Crippen LogP contribution in [-0.2, 0) is 4.79 Å². The molecule has 0 radical (unpaired) electrons. The van der Waals surface area contributed by atoms with Crippen molar-refractivity contribution in [3.05, 3.63) is 14.4 Å². The van der Waals surface area contributed by atoms with Crippen LogP contribution >= 0.6 is 15.9 Å². The predicted molar refractivity (Wildman–Crippen MR) is 36.3 cm³/mol. The topological polar surface area (TPSA) is 17.1 Å². The molecule has 0 aromatic carbocycles. The van der Waals surface area contributed by atoms with E-state index in [2.05, 4.69) is 22.9 Å². The van der Waals surface area contributed by atoms with Crippen molar-refractivity contribution in [2.75, 3.05) is 5.33 Å². The van der Waals surface area contributed by atoms with Crippen LogP contribution < -0.4 is 0 Å². The molecule has 0 atom stereocenters. The smallest absolute Gasteiger partial charge is 0.358 e. The maximum absolute atomic E-state index is 9.65. The molecular weight excluding hydrogens is 281 g/mol. The van der Waals surface area contributed by atoms with E-state index in [4.69, 9.17) is 0 Å². The van der Waals surface area contributed by atoms with Crippen molar-refractivity contribution in [2.24, 2.45) is 0 Å². The van der Waals surface area contributed by atoms with Gasteiger partial charge >= 0.3 is 48.9 Å². The standard InChI is InChI=1S/C3H4BrO.CH3.Ba/c1-3(5)2-4;;/h1-2H2;1H3;/q2*-1;+2. The monoisotopic (exact) mass is 288 g/mol. The Morgan fingerprint density at radius 1 is 1.71 bits per heavy atom. The van der Waals surface area contributed by atoms with Gasteiger partial charge in [-0.3, -0.25) is 0 Å². The van der Waals surface area contributed by atoms with Gasteiger partial charge in [-0.25, -0.2) is 0 Å². The van der Waals surface area contributed by atoms with Crippen LogP contribution in [0.4, 0.5) is 0 Å². The Kier molecular flexibility index (Phi) is 23.9. The summed E-state index contributed by atoms with van der Waals surface area (Å²) in [4.78, 5) is 9.65. The van der Waals surface area contributed by atoms with E-state index in [-0.39, 0.29) is 62.1 Å². The molecule has 3 heteroatoms. The normalized spacial score (nSPS) is 5.29. The number of carbonyl (C=O) groups is 1. The number of hydrogen-bond donors (Lipinski definition) is 0. The maximum Gasteiger partial charge on any atom is 2.00 e. The summed E-state index contributed by atoms with van der Waals surface area (Å²) < 4.78 is 0. The molecule has 0 spiro atoms. The van der Waals surface area contributed by atoms with E-state index in [1.807, 2.05) is 0 Å². The molecule has 0 aromatic rings. The quantitative estimate of drug-likeness (QED) is 0.397. The van der Waals surface area contributed by atoms with Gasteiger partial charge in [0.1, 0.15) is 0 Å². The van der Waals surface area contributed by atoms with Gasteiger partial charge in [-0.2, -0.15) is 0 Å². The number of carbonyl (C=O) groups excluding carboxylic acids is 1. The van der Waals surface area contributed by atoms with Gasteiger partial charge in [0.15, 0.2) is 0 Å². The predicted octanol–water partition coefficient (Wildman–Crippen LogP) is 0.854. The third kappa shape index (κ3) is 18.4. The second kappa shape index (κ2) is 10.5. The minimum Gasteiger partial charge on any atom is -0.358 e. The van der Waals surface area contributed by atoms with E-state index in [9.17, 15) is 4.79 Å². The zero-order chi connectivity index (χ0) is 4.28. The summed E-state index contributed by atoms with van der Waals surface area (Å²) in [7, 11) is 0. The van der Waals surface area contributed by atoms with Crippen LogP contribution in [0.25, 0.3) is 0 Å². The van der Waals surface area contributed by atoms with Gasteiger partial charge in [-0.05, 0) is 0 Å². The average molecular weight is 288 g/mol. The van der Waals surface area contributed by atoms with Crippen molar-refractivity contribution in [2.45, 2.75) is 0 Å². The fourth-order valence-corrected chi connectivity index (χ4v) is 0. The number of hydrogen-bond acceptors (Lipinski definition) is 1. The molecule has 7 heavy (non-hydrogen) atoms. The van der Waals surface area contributed by atoms with Crippen LogP contribution in [0.15, 0.2) is 0 Å². The Hall–Kier alpha value is 1.59. The largest absolute Gasteiger partial charge is 2.00 e. The summed E-state index contributed by atoms with van der Waals surface area (Å²) >= 11 is 2.90. The fraction of sp³-hybridized carbons (Fsp3) is 0.250. The minimum absolute atomic E-state index is 0. The Morgan fingerprint density at radius 2 is 1.86 bits per heavy atom. The van der Waals surface area contributed by atoms with E-state index < -0.39 is 0 Å². The molecule has 0 saturated carbocycles. The van der Waals surface area contributed by atoms with Gasteiger partial charge in [0, 0.05) is 11.1 Å². The van der Waals surface area contributed by atoms with E-state index in [1.54, 1.807) is 0 Å². The molecule has 0 aliphatic rings. The molecule has 0 fully saturated rings. The van der Waals surface area contributed by atoms with Crippen LogP contribution in [0.3, 0.4) is 0 Å². The van der Waals surface area contributed by atoms with Crippen molar-refractivity contribution in [3.63, 3.8) is 0 Å². The minimum atomic E-state index is -0.0787. The van der Waals surface area contributed by atoms with Crippen LogP contribution in [0, 0.1) is 14.4 Å². The van der Waals surface area contributed by atoms with Crippen LogP contribution in [0.1, 0.15) is 0 Å². The Balaban J connectivity index is -0.0000000800. The molecule has 0 aliphatic heterocycles. The number of ketones is 1. The number of Topliss-reactive ketones (excluding diaryl/α,β-unsaturated/α-hetero) is 1. The van der Waals surface area contributed by atoms with E-state index in [1.165, 1.54) is 0 Å². The van der Waals surface area contributed by atoms with Crippen molar-refractivity contribution < 1.29 is 4.79 Å². The maximum atomic E-state index is 9.65. The Labute approximate surface area is 93.4 Å². The van der Waals surface area contributed by atoms with E-state index in [0.717, 1.165) is 0 Å². The summed E-state index contributed by atoms with van der Waals surface area (Å²) in [5.41, 5.74) is 0. The van der Waals surface area contributed by atoms with Crippen LogP contribution in [-0.4, -0.2) is 60.0 Å². The average Bonchev–Trinajstić information content (AvgIpc) is 1.38. The molecular formula is C4H7BaBrO. The van der Waals surface area contributed by atoms with Gasteiger partial charge in [0.2, 0.25) is 0 Å². The molecule has 0 N–H and O–H groups in total. The van der Waals surface area contributed by atoms with Gasteiger partial charge in [0.25, 0.3) is 0 Å². The van der Waals surface area contributed by atoms with Crippen molar-refractivity contribution in [3.8, 4) is 0 Å². The summed E-state index contributed by atoms with van der Waals surface area (Å²) in [5.74, 6) is -0.0787. The molecule has 0 amide bonds. The molecule has 0 rings (SSSR count). The van der Waals surface area contributed by atoms with Gasteiger partial charge in [-0.15, -0.1) is 0 Å². The summed E-state index contributed by atoms with van der Waals surface area (Å²) in [6.45, 7) is 3.07. The molecule has 1 nitrogen and oxygen atoms in total. The van der Waals surface area contributed by atoms with Gasteiger partial charge in [0.05, 0.1) is 0 Å².